The lowest BCUT2D eigenvalue weighted by Crippen LogP contribution is -2.26. The molecule has 102 valence electrons. The number of halogens is 1. The molecule has 0 aliphatic rings. The maximum absolute atomic E-state index is 12.7. The van der Waals surface area contributed by atoms with Gasteiger partial charge in [0.15, 0.2) is 5.78 Å². The zero-order valence-electron chi connectivity index (χ0n) is 10.0. The predicted molar refractivity (Wildman–Crippen MR) is 65.9 cm³/mol. The number of hydrogen-bond acceptors (Lipinski definition) is 5. The van der Waals surface area contributed by atoms with Crippen LogP contribution in [0.5, 0.6) is 0 Å². The van der Waals surface area contributed by atoms with E-state index >= 15 is 0 Å². The van der Waals surface area contributed by atoms with E-state index in [1.165, 1.54) is 12.1 Å². The van der Waals surface area contributed by atoms with Crippen molar-refractivity contribution < 1.29 is 14.1 Å². The fourth-order valence-corrected chi connectivity index (χ4v) is 1.53. The van der Waals surface area contributed by atoms with E-state index in [2.05, 4.69) is 4.98 Å². The number of Topliss-reactive ketones (excluding diaryl/α,β-unsaturated/α-hetero) is 1. The van der Waals surface area contributed by atoms with Crippen LogP contribution in [0.15, 0.2) is 41.5 Å². The highest BCUT2D eigenvalue weighted by Gasteiger charge is 2.13. The Morgan fingerprint density at radius 2 is 2.00 bits per heavy atom. The highest BCUT2D eigenvalue weighted by atomic mass is 19.1. The summed E-state index contributed by atoms with van der Waals surface area (Å²) in [5.74, 6) is -0.967. The Kier molecular flexibility index (Phi) is 3.65. The summed E-state index contributed by atoms with van der Waals surface area (Å²) in [6.07, 6.45) is 1.76. The molecule has 2 rings (SSSR count). The van der Waals surface area contributed by atoms with Crippen molar-refractivity contribution >= 4 is 11.5 Å². The number of hydrogen-bond donors (Lipinski definition) is 0. The van der Waals surface area contributed by atoms with Crippen LogP contribution in [0.25, 0.3) is 0 Å². The molecule has 0 saturated heterocycles. The second-order valence-electron chi connectivity index (χ2n) is 3.91. The monoisotopic (exact) mass is 277 g/mol. The Bertz CT molecular complexity index is 724. The molecule has 2 aromatic rings. The molecule has 1 aromatic heterocycles. The molecule has 0 aliphatic carbocycles. The first-order valence-electron chi connectivity index (χ1n) is 5.47. The summed E-state index contributed by atoms with van der Waals surface area (Å²) in [6.45, 7) is -0.404. The van der Waals surface area contributed by atoms with Gasteiger partial charge in [0.05, 0.1) is 17.7 Å². The van der Waals surface area contributed by atoms with Gasteiger partial charge in [-0.2, -0.15) is 4.98 Å². The van der Waals surface area contributed by atoms with Crippen LogP contribution in [0.1, 0.15) is 10.4 Å². The van der Waals surface area contributed by atoms with E-state index in [1.807, 2.05) is 0 Å². The summed E-state index contributed by atoms with van der Waals surface area (Å²) >= 11 is 0. The van der Waals surface area contributed by atoms with E-state index in [4.69, 9.17) is 0 Å². The first kappa shape index (κ1) is 13.5. The van der Waals surface area contributed by atoms with Crippen molar-refractivity contribution in [3.8, 4) is 0 Å². The van der Waals surface area contributed by atoms with Crippen molar-refractivity contribution in [3.63, 3.8) is 0 Å². The summed E-state index contributed by atoms with van der Waals surface area (Å²) in [7, 11) is 0. The third kappa shape index (κ3) is 2.91. The quantitative estimate of drug-likeness (QED) is 0.475. The number of nitro groups is 1. The minimum atomic E-state index is -0.772. The van der Waals surface area contributed by atoms with Crippen molar-refractivity contribution in [2.45, 2.75) is 6.54 Å². The van der Waals surface area contributed by atoms with Crippen LogP contribution in [0.3, 0.4) is 0 Å². The molecule has 0 spiro atoms. The Balaban J connectivity index is 2.27. The lowest BCUT2D eigenvalue weighted by molar-refractivity contribution is -0.385. The molecular weight excluding hydrogens is 269 g/mol. The van der Waals surface area contributed by atoms with E-state index in [1.54, 1.807) is 0 Å². The van der Waals surface area contributed by atoms with Crippen LogP contribution in [-0.2, 0) is 6.54 Å². The van der Waals surface area contributed by atoms with E-state index in [0.29, 0.717) is 0 Å². The summed E-state index contributed by atoms with van der Waals surface area (Å²) < 4.78 is 13.6. The number of nitrogens with zero attached hydrogens (tertiary/aromatic N) is 3. The average Bonchev–Trinajstić information content (AvgIpc) is 2.41. The zero-order valence-corrected chi connectivity index (χ0v) is 10.0. The van der Waals surface area contributed by atoms with Crippen molar-refractivity contribution in [3.05, 3.63) is 68.6 Å². The Morgan fingerprint density at radius 3 is 2.60 bits per heavy atom. The minimum Gasteiger partial charge on any atom is -0.292 e. The first-order chi connectivity index (χ1) is 9.47. The predicted octanol–water partition coefficient (Wildman–Crippen LogP) is 1.17. The minimum absolute atomic E-state index is 0.199. The molecule has 1 aromatic carbocycles. The lowest BCUT2D eigenvalue weighted by Gasteiger charge is -2.04. The summed E-state index contributed by atoms with van der Waals surface area (Å²) in [5.41, 5.74) is -0.965. The fraction of sp³-hybridized carbons (Fsp3) is 0.0833. The molecule has 0 fully saturated rings. The maximum Gasteiger partial charge on any atom is 0.348 e. The number of aromatic nitrogens is 2. The molecule has 0 aliphatic heterocycles. The fourth-order valence-electron chi connectivity index (χ4n) is 1.53. The van der Waals surface area contributed by atoms with Gasteiger partial charge in [-0.1, -0.05) is 0 Å². The zero-order chi connectivity index (χ0) is 14.7. The van der Waals surface area contributed by atoms with Gasteiger partial charge >= 0.3 is 11.4 Å². The SMILES string of the molecule is O=C(Cn1cc([N+](=O)[O-])cnc1=O)c1ccc(F)cc1. The summed E-state index contributed by atoms with van der Waals surface area (Å²) in [6, 6.07) is 4.77. The van der Waals surface area contributed by atoms with Crippen molar-refractivity contribution in [2.75, 3.05) is 0 Å². The van der Waals surface area contributed by atoms with Gasteiger partial charge in [-0.25, -0.2) is 9.18 Å². The topological polar surface area (TPSA) is 95.1 Å². The van der Waals surface area contributed by atoms with Crippen LogP contribution < -0.4 is 5.69 Å². The average molecular weight is 277 g/mol. The molecule has 0 amide bonds. The van der Waals surface area contributed by atoms with Crippen molar-refractivity contribution in [2.24, 2.45) is 0 Å². The number of rotatable bonds is 4. The molecule has 0 atom stereocenters. The van der Waals surface area contributed by atoms with Gasteiger partial charge < -0.3 is 0 Å². The summed E-state index contributed by atoms with van der Waals surface area (Å²) in [5, 5.41) is 10.6. The molecular formula is C12H8FN3O4. The van der Waals surface area contributed by atoms with Crippen LogP contribution >= 0.6 is 0 Å². The highest BCUT2D eigenvalue weighted by molar-refractivity contribution is 5.95. The molecule has 7 nitrogen and oxygen atoms in total. The molecule has 1 heterocycles. The molecule has 0 saturated carbocycles. The highest BCUT2D eigenvalue weighted by Crippen LogP contribution is 2.07. The van der Waals surface area contributed by atoms with Gasteiger partial charge in [0.1, 0.15) is 12.0 Å². The van der Waals surface area contributed by atoms with Gasteiger partial charge in [-0.05, 0) is 24.3 Å². The normalized spacial score (nSPS) is 10.2. The second-order valence-corrected chi connectivity index (χ2v) is 3.91. The van der Waals surface area contributed by atoms with Gasteiger partial charge in [-0.15, -0.1) is 0 Å². The van der Waals surface area contributed by atoms with E-state index < -0.39 is 34.4 Å². The molecule has 0 unspecified atom stereocenters. The third-order valence-corrected chi connectivity index (χ3v) is 2.53. The van der Waals surface area contributed by atoms with Gasteiger partial charge in [0.25, 0.3) is 0 Å². The van der Waals surface area contributed by atoms with Gasteiger partial charge in [0.2, 0.25) is 0 Å². The molecule has 20 heavy (non-hydrogen) atoms. The van der Waals surface area contributed by atoms with Crippen LogP contribution in [0.2, 0.25) is 0 Å². The second kappa shape index (κ2) is 5.39. The molecule has 0 bridgehead atoms. The van der Waals surface area contributed by atoms with Crippen molar-refractivity contribution in [1.82, 2.24) is 9.55 Å². The van der Waals surface area contributed by atoms with Crippen LogP contribution in [0.4, 0.5) is 10.1 Å². The lowest BCUT2D eigenvalue weighted by atomic mass is 10.1. The van der Waals surface area contributed by atoms with Gasteiger partial charge in [0, 0.05) is 5.56 Å². The molecule has 0 radical (unpaired) electrons. The standard InChI is InChI=1S/C12H8FN3O4/c13-9-3-1-8(2-4-9)11(17)7-15-6-10(16(19)20)5-14-12(15)18/h1-6H,7H2. The molecule has 0 N–H and O–H groups in total. The van der Waals surface area contributed by atoms with E-state index in [0.717, 1.165) is 29.1 Å². The Hall–Kier alpha value is -2.90. The van der Waals surface area contributed by atoms with E-state index in [-0.39, 0.29) is 5.56 Å². The Labute approximate surface area is 111 Å². The smallest absolute Gasteiger partial charge is 0.292 e. The number of carbonyl (C=O) groups excluding carboxylic acids is 1. The van der Waals surface area contributed by atoms with Crippen LogP contribution in [-0.4, -0.2) is 20.3 Å². The maximum atomic E-state index is 12.7. The largest absolute Gasteiger partial charge is 0.348 e. The Morgan fingerprint density at radius 1 is 1.35 bits per heavy atom. The number of ketones is 1. The number of benzene rings is 1. The molecule has 8 heteroatoms. The third-order valence-electron chi connectivity index (χ3n) is 2.53. The van der Waals surface area contributed by atoms with E-state index in [9.17, 15) is 24.1 Å². The number of carbonyl (C=O) groups is 1. The van der Waals surface area contributed by atoms with Crippen LogP contribution in [0, 0.1) is 15.9 Å². The first-order valence-corrected chi connectivity index (χ1v) is 5.47. The van der Waals surface area contributed by atoms with Gasteiger partial charge in [-0.3, -0.25) is 19.5 Å². The van der Waals surface area contributed by atoms with Crippen molar-refractivity contribution in [1.29, 1.82) is 0 Å². The summed E-state index contributed by atoms with van der Waals surface area (Å²) in [4.78, 5) is 36.5.